The zero-order chi connectivity index (χ0) is 21.7. The fourth-order valence-corrected chi connectivity index (χ4v) is 3.42. The SMILES string of the molecule is CCCCc1cc(N2CCC(NC(C)=O)C2)nc(Nc2ccc(F)c([N+](=O)[O-])c2)n1. The lowest BCUT2D eigenvalue weighted by Gasteiger charge is -2.19. The molecule has 2 N–H and O–H groups in total. The number of anilines is 3. The van der Waals surface area contributed by atoms with E-state index in [4.69, 9.17) is 0 Å². The monoisotopic (exact) mass is 416 g/mol. The van der Waals surface area contributed by atoms with E-state index in [2.05, 4.69) is 32.4 Å². The zero-order valence-electron chi connectivity index (χ0n) is 17.0. The molecule has 2 heterocycles. The summed E-state index contributed by atoms with van der Waals surface area (Å²) in [7, 11) is 0. The summed E-state index contributed by atoms with van der Waals surface area (Å²) in [6, 6.07) is 5.57. The van der Waals surface area contributed by atoms with Crippen LogP contribution in [0.25, 0.3) is 0 Å². The van der Waals surface area contributed by atoms with Crippen molar-refractivity contribution >= 4 is 29.0 Å². The third-order valence-electron chi connectivity index (χ3n) is 4.87. The number of hydrogen-bond donors (Lipinski definition) is 2. The number of nitro groups is 1. The number of rotatable bonds is 8. The molecule has 1 aliphatic rings. The van der Waals surface area contributed by atoms with Gasteiger partial charge < -0.3 is 15.5 Å². The van der Waals surface area contributed by atoms with Crippen LogP contribution in [0.15, 0.2) is 24.3 Å². The Morgan fingerprint density at radius 3 is 2.87 bits per heavy atom. The van der Waals surface area contributed by atoms with E-state index in [1.54, 1.807) is 0 Å². The number of amides is 1. The van der Waals surface area contributed by atoms with Crippen LogP contribution < -0.4 is 15.5 Å². The molecule has 1 atom stereocenters. The highest BCUT2D eigenvalue weighted by molar-refractivity contribution is 5.73. The number of nitrogens with zero attached hydrogens (tertiary/aromatic N) is 4. The smallest absolute Gasteiger partial charge is 0.306 e. The Bertz CT molecular complexity index is 939. The van der Waals surface area contributed by atoms with Crippen LogP contribution in [0.4, 0.5) is 27.5 Å². The Morgan fingerprint density at radius 2 is 2.17 bits per heavy atom. The lowest BCUT2D eigenvalue weighted by Crippen LogP contribution is -2.35. The first-order valence-corrected chi connectivity index (χ1v) is 9.96. The Kier molecular flexibility index (Phi) is 6.76. The van der Waals surface area contributed by atoms with Crippen molar-refractivity contribution in [3.63, 3.8) is 0 Å². The van der Waals surface area contributed by atoms with E-state index in [0.29, 0.717) is 18.2 Å². The maximum atomic E-state index is 13.6. The van der Waals surface area contributed by atoms with Crippen LogP contribution in [-0.4, -0.2) is 39.9 Å². The molecule has 1 aromatic heterocycles. The maximum absolute atomic E-state index is 13.6. The van der Waals surface area contributed by atoms with Crippen molar-refractivity contribution in [3.8, 4) is 0 Å². The first kappa shape index (κ1) is 21.4. The summed E-state index contributed by atoms with van der Waals surface area (Å²) < 4.78 is 13.6. The standard InChI is InChI=1S/C20H25FN6O3/c1-3-4-5-14-11-19(26-9-8-16(12-26)22-13(2)28)25-20(23-14)24-15-6-7-17(21)18(10-15)27(29)30/h6-7,10-11,16H,3-5,8-9,12H2,1-2H3,(H,22,28)(H,23,24,25). The Labute approximate surface area is 173 Å². The predicted molar refractivity (Wildman–Crippen MR) is 111 cm³/mol. The summed E-state index contributed by atoms with van der Waals surface area (Å²) >= 11 is 0. The Balaban J connectivity index is 1.85. The van der Waals surface area contributed by atoms with Crippen LogP contribution >= 0.6 is 0 Å². The summed E-state index contributed by atoms with van der Waals surface area (Å²) in [6.07, 6.45) is 3.57. The normalized spacial score (nSPS) is 15.8. The number of halogens is 1. The molecule has 1 aliphatic heterocycles. The summed E-state index contributed by atoms with van der Waals surface area (Å²) in [5.41, 5.74) is 0.572. The van der Waals surface area contributed by atoms with Crippen molar-refractivity contribution in [1.29, 1.82) is 0 Å². The quantitative estimate of drug-likeness (QED) is 0.501. The fourth-order valence-electron chi connectivity index (χ4n) is 3.42. The molecule has 1 aromatic carbocycles. The molecular weight excluding hydrogens is 391 g/mol. The highest BCUT2D eigenvalue weighted by atomic mass is 19.1. The van der Waals surface area contributed by atoms with Crippen LogP contribution in [0.3, 0.4) is 0 Å². The first-order valence-electron chi connectivity index (χ1n) is 9.96. The molecule has 1 unspecified atom stereocenters. The zero-order valence-corrected chi connectivity index (χ0v) is 17.0. The molecule has 2 aromatic rings. The maximum Gasteiger partial charge on any atom is 0.306 e. The van der Waals surface area contributed by atoms with Crippen LogP contribution in [0, 0.1) is 15.9 Å². The summed E-state index contributed by atoms with van der Waals surface area (Å²) in [5, 5.41) is 16.9. The summed E-state index contributed by atoms with van der Waals surface area (Å²) in [6.45, 7) is 4.99. The number of aryl methyl sites for hydroxylation is 1. The van der Waals surface area contributed by atoms with Gasteiger partial charge in [0.2, 0.25) is 17.7 Å². The highest BCUT2D eigenvalue weighted by Gasteiger charge is 2.25. The molecule has 0 aliphatic carbocycles. The van der Waals surface area contributed by atoms with E-state index in [1.807, 2.05) is 6.07 Å². The molecule has 160 valence electrons. The lowest BCUT2D eigenvalue weighted by atomic mass is 10.2. The molecular formula is C20H25FN6O3. The number of benzene rings is 1. The van der Waals surface area contributed by atoms with Gasteiger partial charge in [0.1, 0.15) is 5.82 Å². The van der Waals surface area contributed by atoms with Gasteiger partial charge in [0.05, 0.1) is 4.92 Å². The van der Waals surface area contributed by atoms with Crippen LogP contribution in [0.5, 0.6) is 0 Å². The minimum Gasteiger partial charge on any atom is -0.354 e. The first-order chi connectivity index (χ1) is 14.4. The number of nitro benzene ring substituents is 1. The minimum absolute atomic E-state index is 0.0616. The number of hydrogen-bond acceptors (Lipinski definition) is 7. The second-order valence-electron chi connectivity index (χ2n) is 7.33. The summed E-state index contributed by atoms with van der Waals surface area (Å²) in [4.78, 5) is 32.7. The van der Waals surface area contributed by atoms with Crippen LogP contribution in [0.1, 0.15) is 38.8 Å². The molecule has 1 amide bonds. The van der Waals surface area contributed by atoms with Gasteiger partial charge in [0.25, 0.3) is 0 Å². The van der Waals surface area contributed by atoms with Gasteiger partial charge in [-0.2, -0.15) is 9.37 Å². The van der Waals surface area contributed by atoms with Gasteiger partial charge in [0.15, 0.2) is 0 Å². The van der Waals surface area contributed by atoms with Gasteiger partial charge >= 0.3 is 5.69 Å². The third kappa shape index (κ3) is 5.40. The minimum atomic E-state index is -0.898. The summed E-state index contributed by atoms with van der Waals surface area (Å²) in [5.74, 6) is 0.0592. The van der Waals surface area contributed by atoms with E-state index in [-0.39, 0.29) is 11.9 Å². The Hall–Kier alpha value is -3.30. The van der Waals surface area contributed by atoms with Gasteiger partial charge in [-0.05, 0) is 31.4 Å². The number of nitrogens with one attached hydrogen (secondary N) is 2. The molecule has 9 nitrogen and oxygen atoms in total. The van der Waals surface area contributed by atoms with Gasteiger partial charge in [0, 0.05) is 49.6 Å². The molecule has 30 heavy (non-hydrogen) atoms. The Morgan fingerprint density at radius 1 is 1.37 bits per heavy atom. The van der Waals surface area contributed by atoms with Gasteiger partial charge in [-0.15, -0.1) is 0 Å². The van der Waals surface area contributed by atoms with E-state index < -0.39 is 16.4 Å². The molecule has 0 saturated carbocycles. The van der Waals surface area contributed by atoms with E-state index in [0.717, 1.165) is 55.9 Å². The third-order valence-corrected chi connectivity index (χ3v) is 4.87. The average Bonchev–Trinajstić information content (AvgIpc) is 3.15. The number of carbonyl (C=O) groups is 1. The van der Waals surface area contributed by atoms with Gasteiger partial charge in [-0.3, -0.25) is 14.9 Å². The average molecular weight is 416 g/mol. The molecule has 3 rings (SSSR count). The van der Waals surface area contributed by atoms with Gasteiger partial charge in [-0.1, -0.05) is 13.3 Å². The second-order valence-corrected chi connectivity index (χ2v) is 7.33. The number of unbranched alkanes of at least 4 members (excludes halogenated alkanes) is 1. The van der Waals surface area contributed by atoms with E-state index in [1.165, 1.54) is 13.0 Å². The fraction of sp³-hybridized carbons (Fsp3) is 0.450. The van der Waals surface area contributed by atoms with Crippen molar-refractivity contribution in [3.05, 3.63) is 45.9 Å². The van der Waals surface area contributed by atoms with Gasteiger partial charge in [-0.25, -0.2) is 4.98 Å². The van der Waals surface area contributed by atoms with E-state index in [9.17, 15) is 19.3 Å². The number of carbonyl (C=O) groups excluding carboxylic acids is 1. The second kappa shape index (κ2) is 9.47. The molecule has 0 bridgehead atoms. The molecule has 0 radical (unpaired) electrons. The van der Waals surface area contributed by atoms with Crippen molar-refractivity contribution in [1.82, 2.24) is 15.3 Å². The predicted octanol–water partition coefficient (Wildman–Crippen LogP) is 3.32. The molecule has 0 spiro atoms. The van der Waals surface area contributed by atoms with Crippen LogP contribution in [0.2, 0.25) is 0 Å². The van der Waals surface area contributed by atoms with Crippen LogP contribution in [-0.2, 0) is 11.2 Å². The van der Waals surface area contributed by atoms with Crippen molar-refractivity contribution < 1.29 is 14.1 Å². The highest BCUT2D eigenvalue weighted by Crippen LogP contribution is 2.26. The lowest BCUT2D eigenvalue weighted by molar-refractivity contribution is -0.387. The molecule has 1 fully saturated rings. The largest absolute Gasteiger partial charge is 0.354 e. The molecule has 10 heteroatoms. The number of aromatic nitrogens is 2. The topological polar surface area (TPSA) is 113 Å². The molecule has 1 saturated heterocycles. The van der Waals surface area contributed by atoms with Crippen molar-refractivity contribution in [2.45, 2.75) is 45.6 Å². The van der Waals surface area contributed by atoms with E-state index >= 15 is 0 Å². The van der Waals surface area contributed by atoms with Crippen molar-refractivity contribution in [2.75, 3.05) is 23.3 Å². The van der Waals surface area contributed by atoms with Crippen molar-refractivity contribution in [2.24, 2.45) is 0 Å².